The van der Waals surface area contributed by atoms with E-state index < -0.39 is 10.8 Å². The van der Waals surface area contributed by atoms with Gasteiger partial charge in [-0.2, -0.15) is 0 Å². The normalized spacial score (nSPS) is 11.6. The van der Waals surface area contributed by atoms with Crippen molar-refractivity contribution in [1.82, 2.24) is 5.32 Å². The summed E-state index contributed by atoms with van der Waals surface area (Å²) >= 11 is 5.75. The van der Waals surface area contributed by atoms with Crippen molar-refractivity contribution in [1.29, 1.82) is 0 Å². The fourth-order valence-electron chi connectivity index (χ4n) is 2.18. The molecule has 1 amide bonds. The van der Waals surface area contributed by atoms with Crippen LogP contribution in [0.15, 0.2) is 42.5 Å². The largest absolute Gasteiger partial charge is 0.496 e. The zero-order valence-corrected chi connectivity index (χ0v) is 13.3. The van der Waals surface area contributed by atoms with Crippen LogP contribution in [0.2, 0.25) is 5.02 Å². The number of benzene rings is 2. The number of amides is 1. The highest BCUT2D eigenvalue weighted by Gasteiger charge is 2.19. The summed E-state index contributed by atoms with van der Waals surface area (Å²) in [6.07, 6.45) is 0. The predicted molar refractivity (Wildman–Crippen MR) is 87.0 cm³/mol. The molecule has 2 aromatic carbocycles. The fraction of sp³-hybridized carbons (Fsp3) is 0.188. The fourth-order valence-corrected chi connectivity index (χ4v) is 2.36. The molecule has 0 saturated carbocycles. The molecule has 0 bridgehead atoms. The monoisotopic (exact) mass is 334 g/mol. The van der Waals surface area contributed by atoms with Gasteiger partial charge in [0.25, 0.3) is 11.6 Å². The van der Waals surface area contributed by atoms with Crippen molar-refractivity contribution in [3.05, 3.63) is 68.7 Å². The van der Waals surface area contributed by atoms with Crippen LogP contribution < -0.4 is 10.1 Å². The second-order valence-electron chi connectivity index (χ2n) is 4.86. The molecule has 120 valence electrons. The SMILES string of the molecule is COc1ccccc1C(C)NC(=O)c1ccc(Cl)c([N+](=O)[O-])c1. The summed E-state index contributed by atoms with van der Waals surface area (Å²) in [6.45, 7) is 1.81. The lowest BCUT2D eigenvalue weighted by atomic mass is 10.1. The van der Waals surface area contributed by atoms with Crippen LogP contribution in [0.25, 0.3) is 0 Å². The number of para-hydroxylation sites is 1. The third-order valence-electron chi connectivity index (χ3n) is 3.36. The predicted octanol–water partition coefficient (Wildman–Crippen LogP) is 3.75. The first kappa shape index (κ1) is 16.8. The summed E-state index contributed by atoms with van der Waals surface area (Å²) in [5, 5.41) is 13.7. The zero-order valence-electron chi connectivity index (χ0n) is 12.6. The maximum absolute atomic E-state index is 12.3. The lowest BCUT2D eigenvalue weighted by Crippen LogP contribution is -2.27. The quantitative estimate of drug-likeness (QED) is 0.667. The Morgan fingerprint density at radius 1 is 1.30 bits per heavy atom. The van der Waals surface area contributed by atoms with Gasteiger partial charge in [-0.15, -0.1) is 0 Å². The van der Waals surface area contributed by atoms with E-state index in [2.05, 4.69) is 5.32 Å². The first-order valence-corrected chi connectivity index (χ1v) is 7.19. The van der Waals surface area contributed by atoms with Crippen LogP contribution in [-0.2, 0) is 0 Å². The number of hydrogen-bond donors (Lipinski definition) is 1. The Hall–Kier alpha value is -2.60. The van der Waals surface area contributed by atoms with E-state index in [9.17, 15) is 14.9 Å². The standard InChI is InChI=1S/C16H15ClN2O4/c1-10(12-5-3-4-6-15(12)23-2)18-16(20)11-7-8-13(17)14(9-11)19(21)22/h3-10H,1-2H3,(H,18,20). The van der Waals surface area contributed by atoms with Gasteiger partial charge < -0.3 is 10.1 Å². The highest BCUT2D eigenvalue weighted by molar-refractivity contribution is 6.32. The van der Waals surface area contributed by atoms with Gasteiger partial charge in [-0.05, 0) is 25.1 Å². The summed E-state index contributed by atoms with van der Waals surface area (Å²) in [6, 6.07) is 10.9. The van der Waals surface area contributed by atoms with Crippen molar-refractivity contribution in [3.63, 3.8) is 0 Å². The molecule has 7 heteroatoms. The van der Waals surface area contributed by atoms with Crippen molar-refractivity contribution < 1.29 is 14.5 Å². The molecule has 0 spiro atoms. The Balaban J connectivity index is 2.22. The van der Waals surface area contributed by atoms with Crippen LogP contribution in [0, 0.1) is 10.1 Å². The maximum Gasteiger partial charge on any atom is 0.288 e. The van der Waals surface area contributed by atoms with Gasteiger partial charge in [-0.25, -0.2) is 0 Å². The molecule has 6 nitrogen and oxygen atoms in total. The highest BCUT2D eigenvalue weighted by atomic mass is 35.5. The Labute approximate surface area is 138 Å². The van der Waals surface area contributed by atoms with Crippen molar-refractivity contribution in [3.8, 4) is 5.75 Å². The van der Waals surface area contributed by atoms with Gasteiger partial charge in [0.1, 0.15) is 10.8 Å². The van der Waals surface area contributed by atoms with Crippen molar-refractivity contribution in [2.75, 3.05) is 7.11 Å². The smallest absolute Gasteiger partial charge is 0.288 e. The molecule has 0 aliphatic rings. The molecule has 1 atom stereocenters. The molecule has 0 heterocycles. The third-order valence-corrected chi connectivity index (χ3v) is 3.68. The van der Waals surface area contributed by atoms with Crippen molar-refractivity contribution in [2.24, 2.45) is 0 Å². The molecule has 1 unspecified atom stereocenters. The first-order valence-electron chi connectivity index (χ1n) is 6.81. The molecule has 0 fully saturated rings. The average Bonchev–Trinajstić information content (AvgIpc) is 2.54. The molecule has 0 aliphatic heterocycles. The van der Waals surface area contributed by atoms with Crippen LogP contribution in [0.5, 0.6) is 5.75 Å². The second kappa shape index (κ2) is 7.11. The minimum atomic E-state index is -0.622. The number of carbonyl (C=O) groups excluding carboxylic acids is 1. The molecule has 2 rings (SSSR count). The lowest BCUT2D eigenvalue weighted by Gasteiger charge is -2.17. The molecular weight excluding hydrogens is 320 g/mol. The van der Waals surface area contributed by atoms with E-state index in [1.54, 1.807) is 20.1 Å². The number of hydrogen-bond acceptors (Lipinski definition) is 4. The topological polar surface area (TPSA) is 81.5 Å². The zero-order chi connectivity index (χ0) is 17.0. The molecule has 0 aliphatic carbocycles. The Morgan fingerprint density at radius 3 is 2.65 bits per heavy atom. The number of ether oxygens (including phenoxy) is 1. The summed E-state index contributed by atoms with van der Waals surface area (Å²) in [4.78, 5) is 22.6. The van der Waals surface area contributed by atoms with Crippen LogP contribution in [0.1, 0.15) is 28.9 Å². The molecular formula is C16H15ClN2O4. The van der Waals surface area contributed by atoms with Gasteiger partial charge in [0.05, 0.1) is 18.1 Å². The molecule has 23 heavy (non-hydrogen) atoms. The number of rotatable bonds is 5. The number of nitro benzene ring substituents is 1. The van der Waals surface area contributed by atoms with Gasteiger partial charge in [0, 0.05) is 17.2 Å². The van der Waals surface area contributed by atoms with Gasteiger partial charge in [0.15, 0.2) is 0 Å². The van der Waals surface area contributed by atoms with E-state index in [1.807, 2.05) is 18.2 Å². The Bertz CT molecular complexity index is 749. The Kier molecular flexibility index (Phi) is 5.18. The van der Waals surface area contributed by atoms with E-state index >= 15 is 0 Å². The van der Waals surface area contributed by atoms with Crippen LogP contribution >= 0.6 is 11.6 Å². The van der Waals surface area contributed by atoms with E-state index in [-0.39, 0.29) is 22.3 Å². The summed E-state index contributed by atoms with van der Waals surface area (Å²) in [5.74, 6) is 0.227. The molecule has 2 aromatic rings. The number of nitro groups is 1. The number of nitrogens with one attached hydrogen (secondary N) is 1. The van der Waals surface area contributed by atoms with E-state index in [0.717, 1.165) is 11.6 Å². The lowest BCUT2D eigenvalue weighted by molar-refractivity contribution is -0.384. The summed E-state index contributed by atoms with van der Waals surface area (Å²) in [7, 11) is 1.55. The number of nitrogens with zero attached hydrogens (tertiary/aromatic N) is 1. The van der Waals surface area contributed by atoms with E-state index in [1.165, 1.54) is 12.1 Å². The molecule has 0 aromatic heterocycles. The first-order chi connectivity index (χ1) is 10.9. The summed E-state index contributed by atoms with van der Waals surface area (Å²) < 4.78 is 5.26. The minimum absolute atomic E-state index is 0.00988. The van der Waals surface area contributed by atoms with Crippen LogP contribution in [0.4, 0.5) is 5.69 Å². The van der Waals surface area contributed by atoms with Gasteiger partial charge >= 0.3 is 0 Å². The molecule has 0 saturated heterocycles. The summed E-state index contributed by atoms with van der Waals surface area (Å²) in [5.41, 5.74) is 0.680. The molecule has 0 radical (unpaired) electrons. The van der Waals surface area contributed by atoms with E-state index in [0.29, 0.717) is 5.75 Å². The number of halogens is 1. The highest BCUT2D eigenvalue weighted by Crippen LogP contribution is 2.27. The average molecular weight is 335 g/mol. The number of methoxy groups -OCH3 is 1. The van der Waals surface area contributed by atoms with Crippen molar-refractivity contribution in [2.45, 2.75) is 13.0 Å². The van der Waals surface area contributed by atoms with Gasteiger partial charge in [-0.3, -0.25) is 14.9 Å². The number of carbonyl (C=O) groups is 1. The molecule has 1 N–H and O–H groups in total. The van der Waals surface area contributed by atoms with Crippen LogP contribution in [-0.4, -0.2) is 17.9 Å². The van der Waals surface area contributed by atoms with Gasteiger partial charge in [0.2, 0.25) is 0 Å². The van der Waals surface area contributed by atoms with Gasteiger partial charge in [-0.1, -0.05) is 29.8 Å². The van der Waals surface area contributed by atoms with E-state index in [4.69, 9.17) is 16.3 Å². The maximum atomic E-state index is 12.3. The van der Waals surface area contributed by atoms with Crippen LogP contribution in [0.3, 0.4) is 0 Å². The third kappa shape index (κ3) is 3.78. The minimum Gasteiger partial charge on any atom is -0.496 e. The van der Waals surface area contributed by atoms with Crippen molar-refractivity contribution >= 4 is 23.2 Å². The second-order valence-corrected chi connectivity index (χ2v) is 5.27. The Morgan fingerprint density at radius 2 is 2.00 bits per heavy atom.